The highest BCUT2D eigenvalue weighted by atomic mass is 32.2. The van der Waals surface area contributed by atoms with Gasteiger partial charge in [-0.15, -0.1) is 0 Å². The molecule has 0 heterocycles. The third-order valence-corrected chi connectivity index (χ3v) is 5.34. The summed E-state index contributed by atoms with van der Waals surface area (Å²) in [6.45, 7) is 11.4. The Morgan fingerprint density at radius 3 is 2.37 bits per heavy atom. The molecule has 0 nitrogen and oxygen atoms in total. The summed E-state index contributed by atoms with van der Waals surface area (Å²) in [5.41, 5.74) is 2.95. The van der Waals surface area contributed by atoms with Gasteiger partial charge in [-0.1, -0.05) is 62.7 Å². The van der Waals surface area contributed by atoms with Crippen molar-refractivity contribution in [3.63, 3.8) is 0 Å². The van der Waals surface area contributed by atoms with Crippen LogP contribution in [0.25, 0.3) is 0 Å². The molecule has 0 bridgehead atoms. The SMILES string of the molecule is CCCC(CC)/C(Sc1ccccc1C)=C(\C)CC. The van der Waals surface area contributed by atoms with Crippen LogP contribution in [0.5, 0.6) is 0 Å². The topological polar surface area (TPSA) is 0 Å². The van der Waals surface area contributed by atoms with E-state index in [0.29, 0.717) is 0 Å². The van der Waals surface area contributed by atoms with Gasteiger partial charge in [-0.25, -0.2) is 0 Å². The summed E-state index contributed by atoms with van der Waals surface area (Å²) in [4.78, 5) is 3.03. The van der Waals surface area contributed by atoms with Crippen LogP contribution in [0, 0.1) is 12.8 Å². The van der Waals surface area contributed by atoms with E-state index in [2.05, 4.69) is 58.9 Å². The molecule has 1 aromatic carbocycles. The monoisotopic (exact) mass is 276 g/mol. The van der Waals surface area contributed by atoms with E-state index in [4.69, 9.17) is 0 Å². The normalized spacial score (nSPS) is 14.2. The Labute approximate surface area is 123 Å². The van der Waals surface area contributed by atoms with Crippen LogP contribution in [0.1, 0.15) is 58.9 Å². The molecule has 0 amide bonds. The van der Waals surface area contributed by atoms with Gasteiger partial charge in [-0.3, -0.25) is 0 Å². The van der Waals surface area contributed by atoms with Gasteiger partial charge in [0.1, 0.15) is 0 Å². The summed E-state index contributed by atoms with van der Waals surface area (Å²) in [5, 5.41) is 0. The Morgan fingerprint density at radius 2 is 1.84 bits per heavy atom. The van der Waals surface area contributed by atoms with Crippen molar-refractivity contribution in [3.8, 4) is 0 Å². The van der Waals surface area contributed by atoms with Gasteiger partial charge in [0.15, 0.2) is 0 Å². The third kappa shape index (κ3) is 4.72. The van der Waals surface area contributed by atoms with Gasteiger partial charge in [0.05, 0.1) is 0 Å². The molecule has 0 aliphatic rings. The molecule has 0 N–H and O–H groups in total. The molecule has 0 radical (unpaired) electrons. The highest BCUT2D eigenvalue weighted by Gasteiger charge is 2.16. The van der Waals surface area contributed by atoms with Crippen molar-refractivity contribution in [1.29, 1.82) is 0 Å². The van der Waals surface area contributed by atoms with Gasteiger partial charge in [0.2, 0.25) is 0 Å². The van der Waals surface area contributed by atoms with E-state index in [0.717, 1.165) is 12.3 Å². The van der Waals surface area contributed by atoms with Gasteiger partial charge >= 0.3 is 0 Å². The van der Waals surface area contributed by atoms with Crippen LogP contribution in [-0.2, 0) is 0 Å². The lowest BCUT2D eigenvalue weighted by Gasteiger charge is -2.21. The number of thioether (sulfide) groups is 1. The number of rotatable bonds is 7. The van der Waals surface area contributed by atoms with Crippen LogP contribution in [0.15, 0.2) is 39.6 Å². The van der Waals surface area contributed by atoms with Crippen molar-refractivity contribution in [3.05, 3.63) is 40.3 Å². The minimum Gasteiger partial charge on any atom is -0.0940 e. The smallest absolute Gasteiger partial charge is 0.0148 e. The van der Waals surface area contributed by atoms with Crippen molar-refractivity contribution in [2.45, 2.75) is 65.2 Å². The fourth-order valence-corrected chi connectivity index (χ4v) is 3.73. The van der Waals surface area contributed by atoms with E-state index in [9.17, 15) is 0 Å². The fraction of sp³-hybridized carbons (Fsp3) is 0.556. The van der Waals surface area contributed by atoms with Crippen molar-refractivity contribution in [1.82, 2.24) is 0 Å². The summed E-state index contributed by atoms with van der Waals surface area (Å²) >= 11 is 2.00. The van der Waals surface area contributed by atoms with Crippen LogP contribution in [0.2, 0.25) is 0 Å². The molecule has 1 rings (SSSR count). The van der Waals surface area contributed by atoms with Gasteiger partial charge in [-0.2, -0.15) is 0 Å². The quantitative estimate of drug-likeness (QED) is 0.506. The van der Waals surface area contributed by atoms with Crippen LogP contribution in [-0.4, -0.2) is 0 Å². The van der Waals surface area contributed by atoms with Crippen molar-refractivity contribution >= 4 is 11.8 Å². The third-order valence-electron chi connectivity index (χ3n) is 3.77. The van der Waals surface area contributed by atoms with E-state index < -0.39 is 0 Å². The Morgan fingerprint density at radius 1 is 1.16 bits per heavy atom. The van der Waals surface area contributed by atoms with Gasteiger partial charge in [-0.05, 0) is 55.6 Å². The van der Waals surface area contributed by atoms with E-state index in [1.165, 1.54) is 29.7 Å². The predicted octanol–water partition coefficient (Wildman–Crippen LogP) is 6.60. The van der Waals surface area contributed by atoms with Gasteiger partial charge in [0.25, 0.3) is 0 Å². The molecule has 0 aliphatic carbocycles. The molecular weight excluding hydrogens is 248 g/mol. The zero-order valence-corrected chi connectivity index (χ0v) is 13.9. The first-order chi connectivity index (χ1) is 9.13. The average Bonchev–Trinajstić information content (AvgIpc) is 2.43. The fourth-order valence-electron chi connectivity index (χ4n) is 2.35. The van der Waals surface area contributed by atoms with Crippen LogP contribution in [0.3, 0.4) is 0 Å². The second kappa shape index (κ2) is 8.47. The molecule has 0 fully saturated rings. The number of hydrogen-bond acceptors (Lipinski definition) is 1. The zero-order valence-electron chi connectivity index (χ0n) is 13.1. The molecule has 1 unspecified atom stereocenters. The maximum absolute atomic E-state index is 2.32. The standard InChI is InChI=1S/C18H28S/c1-6-11-16(8-3)18(14(4)7-2)19-17-13-10-9-12-15(17)5/h9-10,12-13,16H,6-8,11H2,1-5H3/b18-14-. The van der Waals surface area contributed by atoms with Gasteiger partial charge in [0, 0.05) is 4.90 Å². The number of hydrogen-bond donors (Lipinski definition) is 0. The zero-order chi connectivity index (χ0) is 14.3. The molecule has 106 valence electrons. The van der Waals surface area contributed by atoms with E-state index >= 15 is 0 Å². The Kier molecular flexibility index (Phi) is 7.30. The predicted molar refractivity (Wildman–Crippen MR) is 88.7 cm³/mol. The summed E-state index contributed by atoms with van der Waals surface area (Å²) in [5.74, 6) is 0.731. The lowest BCUT2D eigenvalue weighted by atomic mass is 9.97. The van der Waals surface area contributed by atoms with E-state index in [1.807, 2.05) is 11.8 Å². The summed E-state index contributed by atoms with van der Waals surface area (Å²) < 4.78 is 0. The first-order valence-electron chi connectivity index (χ1n) is 7.57. The highest BCUT2D eigenvalue weighted by molar-refractivity contribution is 8.03. The maximum atomic E-state index is 2.32. The minimum absolute atomic E-state index is 0.731. The second-order valence-corrected chi connectivity index (χ2v) is 6.34. The average molecular weight is 276 g/mol. The lowest BCUT2D eigenvalue weighted by Crippen LogP contribution is -2.03. The minimum atomic E-state index is 0.731. The molecule has 1 heteroatoms. The summed E-state index contributed by atoms with van der Waals surface area (Å²) in [7, 11) is 0. The molecule has 0 aromatic heterocycles. The first kappa shape index (κ1) is 16.4. The molecule has 0 saturated heterocycles. The largest absolute Gasteiger partial charge is 0.0940 e. The number of allylic oxidation sites excluding steroid dienone is 2. The van der Waals surface area contributed by atoms with E-state index in [-0.39, 0.29) is 0 Å². The first-order valence-corrected chi connectivity index (χ1v) is 8.38. The van der Waals surface area contributed by atoms with Gasteiger partial charge < -0.3 is 0 Å². The van der Waals surface area contributed by atoms with Crippen molar-refractivity contribution < 1.29 is 0 Å². The van der Waals surface area contributed by atoms with Crippen molar-refractivity contribution in [2.24, 2.45) is 5.92 Å². The summed E-state index contributed by atoms with van der Waals surface area (Å²) in [6.07, 6.45) is 4.99. The molecule has 0 aliphatic heterocycles. The van der Waals surface area contributed by atoms with Crippen LogP contribution < -0.4 is 0 Å². The molecule has 1 atom stereocenters. The molecular formula is C18H28S. The highest BCUT2D eigenvalue weighted by Crippen LogP contribution is 2.39. The molecule has 0 saturated carbocycles. The lowest BCUT2D eigenvalue weighted by molar-refractivity contribution is 0.550. The number of aryl methyl sites for hydroxylation is 1. The Bertz CT molecular complexity index is 417. The molecule has 1 aromatic rings. The molecule has 0 spiro atoms. The second-order valence-electron chi connectivity index (χ2n) is 5.26. The van der Waals surface area contributed by atoms with Crippen LogP contribution in [0.4, 0.5) is 0 Å². The summed E-state index contributed by atoms with van der Waals surface area (Å²) in [6, 6.07) is 8.73. The van der Waals surface area contributed by atoms with E-state index in [1.54, 1.807) is 10.5 Å². The van der Waals surface area contributed by atoms with Crippen LogP contribution >= 0.6 is 11.8 Å². The van der Waals surface area contributed by atoms with Crippen molar-refractivity contribution in [2.75, 3.05) is 0 Å². The Hall–Kier alpha value is -0.690. The Balaban J connectivity index is 3.03. The maximum Gasteiger partial charge on any atom is 0.0148 e. The number of benzene rings is 1. The molecule has 19 heavy (non-hydrogen) atoms.